The van der Waals surface area contributed by atoms with Gasteiger partial charge in [-0.05, 0) is 56.9 Å². The maximum absolute atomic E-state index is 12.4. The Morgan fingerprint density at radius 2 is 1.81 bits per heavy atom. The number of phenolic OH excluding ortho intramolecular Hbond substituents is 2. The van der Waals surface area contributed by atoms with E-state index in [2.05, 4.69) is 27.8 Å². The van der Waals surface area contributed by atoms with Crippen LogP contribution in [0.2, 0.25) is 0 Å². The molecule has 0 aliphatic carbocycles. The van der Waals surface area contributed by atoms with Gasteiger partial charge in [0.25, 0.3) is 0 Å². The lowest BCUT2D eigenvalue weighted by Crippen LogP contribution is -2.43. The SMILES string of the molecule is C=CCOc1ccc(O)c(Cc2cc(C[C@H](NC(=O)OCc3ccccc3)C(=O)OC)cc(Br)c2O)c1. The maximum atomic E-state index is 12.4. The van der Waals surface area contributed by atoms with Crippen LogP contribution in [0, 0.1) is 0 Å². The zero-order chi connectivity index (χ0) is 26.8. The Kier molecular flexibility index (Phi) is 9.97. The first-order chi connectivity index (χ1) is 17.8. The van der Waals surface area contributed by atoms with Gasteiger partial charge in [0.15, 0.2) is 0 Å². The third-order valence-electron chi connectivity index (χ3n) is 5.43. The minimum atomic E-state index is -1.03. The van der Waals surface area contributed by atoms with Gasteiger partial charge in [0.1, 0.15) is 36.5 Å². The molecule has 3 aromatic rings. The lowest BCUT2D eigenvalue weighted by Gasteiger charge is -2.18. The molecule has 37 heavy (non-hydrogen) atoms. The van der Waals surface area contributed by atoms with E-state index in [9.17, 15) is 19.8 Å². The number of hydrogen-bond donors (Lipinski definition) is 3. The number of nitrogens with one attached hydrogen (secondary N) is 1. The Hall–Kier alpha value is -3.98. The fraction of sp³-hybridized carbons (Fsp3) is 0.214. The molecule has 9 heteroatoms. The van der Waals surface area contributed by atoms with Crippen molar-refractivity contribution in [2.24, 2.45) is 0 Å². The number of alkyl carbamates (subject to hydrolysis) is 1. The van der Waals surface area contributed by atoms with Gasteiger partial charge < -0.3 is 29.7 Å². The van der Waals surface area contributed by atoms with Crippen molar-refractivity contribution in [3.8, 4) is 17.2 Å². The highest BCUT2D eigenvalue weighted by Crippen LogP contribution is 2.34. The van der Waals surface area contributed by atoms with Crippen molar-refractivity contribution >= 4 is 28.0 Å². The summed E-state index contributed by atoms with van der Waals surface area (Å²) in [6.45, 7) is 3.98. The van der Waals surface area contributed by atoms with Gasteiger partial charge >= 0.3 is 12.1 Å². The molecule has 0 unspecified atom stereocenters. The first kappa shape index (κ1) is 27.6. The van der Waals surface area contributed by atoms with E-state index in [0.29, 0.717) is 33.5 Å². The van der Waals surface area contributed by atoms with Crippen LogP contribution in [0.15, 0.2) is 77.8 Å². The summed E-state index contributed by atoms with van der Waals surface area (Å²) in [6, 6.07) is 16.3. The molecule has 0 saturated carbocycles. The maximum Gasteiger partial charge on any atom is 0.408 e. The molecular formula is C28H28BrNO7. The molecule has 0 spiro atoms. The van der Waals surface area contributed by atoms with E-state index >= 15 is 0 Å². The van der Waals surface area contributed by atoms with E-state index in [1.54, 1.807) is 30.3 Å². The topological polar surface area (TPSA) is 114 Å². The van der Waals surface area contributed by atoms with Crippen molar-refractivity contribution in [2.45, 2.75) is 25.5 Å². The van der Waals surface area contributed by atoms with E-state index in [0.717, 1.165) is 5.56 Å². The first-order valence-electron chi connectivity index (χ1n) is 11.4. The average Bonchev–Trinajstić information content (AvgIpc) is 2.90. The van der Waals surface area contributed by atoms with Crippen molar-refractivity contribution in [1.29, 1.82) is 0 Å². The summed E-state index contributed by atoms with van der Waals surface area (Å²) < 4.78 is 16.0. The van der Waals surface area contributed by atoms with Crippen molar-refractivity contribution in [3.63, 3.8) is 0 Å². The Labute approximate surface area is 223 Å². The Morgan fingerprint density at radius 3 is 2.51 bits per heavy atom. The summed E-state index contributed by atoms with van der Waals surface area (Å²) in [4.78, 5) is 24.8. The van der Waals surface area contributed by atoms with Crippen LogP contribution in [0.25, 0.3) is 0 Å². The van der Waals surface area contributed by atoms with Crippen LogP contribution in [0.5, 0.6) is 17.2 Å². The summed E-state index contributed by atoms with van der Waals surface area (Å²) in [6.07, 6.45) is 1.11. The predicted octanol–water partition coefficient (Wildman–Crippen LogP) is 5.03. The molecule has 0 aliphatic rings. The summed E-state index contributed by atoms with van der Waals surface area (Å²) in [5.41, 5.74) is 2.47. The van der Waals surface area contributed by atoms with Gasteiger partial charge in [0.2, 0.25) is 0 Å². The highest BCUT2D eigenvalue weighted by molar-refractivity contribution is 9.10. The van der Waals surface area contributed by atoms with Crippen LogP contribution in [0.3, 0.4) is 0 Å². The number of hydrogen-bond acceptors (Lipinski definition) is 7. The standard InChI is InChI=1S/C28H28BrNO7/c1-3-11-36-22-9-10-25(31)20(16-22)15-21-12-19(13-23(29)26(21)32)14-24(27(33)35-2)30-28(34)37-17-18-7-5-4-6-8-18/h3-10,12-13,16,24,31-32H,1,11,14-15,17H2,2H3,(H,30,34)/t24-/m0/s1. The molecule has 1 amide bonds. The summed E-state index contributed by atoms with van der Waals surface area (Å²) in [5, 5.41) is 23.5. The molecule has 0 aliphatic heterocycles. The number of halogens is 1. The smallest absolute Gasteiger partial charge is 0.408 e. The predicted molar refractivity (Wildman–Crippen MR) is 142 cm³/mol. The second kappa shape index (κ2) is 13.4. The number of esters is 1. The number of rotatable bonds is 11. The van der Waals surface area contributed by atoms with Crippen LogP contribution >= 0.6 is 15.9 Å². The average molecular weight is 570 g/mol. The Bertz CT molecular complexity index is 1250. The largest absolute Gasteiger partial charge is 0.508 e. The number of carbonyl (C=O) groups excluding carboxylic acids is 2. The van der Waals surface area contributed by atoms with Gasteiger partial charge in [-0.25, -0.2) is 9.59 Å². The van der Waals surface area contributed by atoms with Gasteiger partial charge in [0.05, 0.1) is 11.6 Å². The van der Waals surface area contributed by atoms with Crippen molar-refractivity contribution < 1.29 is 34.0 Å². The summed E-state index contributed by atoms with van der Waals surface area (Å²) in [7, 11) is 1.23. The number of ether oxygens (including phenoxy) is 3. The van der Waals surface area contributed by atoms with Crippen molar-refractivity contribution in [3.05, 3.63) is 100 Å². The van der Waals surface area contributed by atoms with Gasteiger partial charge in [-0.3, -0.25) is 0 Å². The van der Waals surface area contributed by atoms with Crippen LogP contribution in [0.1, 0.15) is 22.3 Å². The zero-order valence-corrected chi connectivity index (χ0v) is 21.9. The molecule has 8 nitrogen and oxygen atoms in total. The van der Waals surface area contributed by atoms with E-state index in [1.807, 2.05) is 30.3 Å². The van der Waals surface area contributed by atoms with Crippen LogP contribution in [-0.2, 0) is 33.7 Å². The third kappa shape index (κ3) is 8.01. The number of amides is 1. The molecular weight excluding hydrogens is 542 g/mol. The van der Waals surface area contributed by atoms with Crippen LogP contribution < -0.4 is 10.1 Å². The fourth-order valence-electron chi connectivity index (χ4n) is 3.60. The van der Waals surface area contributed by atoms with E-state index in [-0.39, 0.29) is 30.9 Å². The summed E-state index contributed by atoms with van der Waals surface area (Å²) >= 11 is 3.35. The minimum absolute atomic E-state index is 0.00888. The van der Waals surface area contributed by atoms with Gasteiger partial charge in [-0.2, -0.15) is 0 Å². The highest BCUT2D eigenvalue weighted by Gasteiger charge is 2.24. The zero-order valence-electron chi connectivity index (χ0n) is 20.3. The normalized spacial score (nSPS) is 11.3. The molecule has 0 heterocycles. The first-order valence-corrected chi connectivity index (χ1v) is 12.2. The Balaban J connectivity index is 1.77. The monoisotopic (exact) mass is 569 g/mol. The summed E-state index contributed by atoms with van der Waals surface area (Å²) in [5.74, 6) is -0.0638. The Morgan fingerprint density at radius 1 is 1.05 bits per heavy atom. The molecule has 0 fully saturated rings. The second-order valence-electron chi connectivity index (χ2n) is 8.14. The molecule has 0 bridgehead atoms. The molecule has 0 aromatic heterocycles. The lowest BCUT2D eigenvalue weighted by molar-refractivity contribution is -0.143. The van der Waals surface area contributed by atoms with Crippen LogP contribution in [0.4, 0.5) is 4.79 Å². The number of benzene rings is 3. The number of methoxy groups -OCH3 is 1. The molecule has 1 atom stereocenters. The quantitative estimate of drug-likeness (QED) is 0.219. The second-order valence-corrected chi connectivity index (χ2v) is 8.99. The van der Waals surface area contributed by atoms with Gasteiger partial charge in [-0.1, -0.05) is 49.1 Å². The van der Waals surface area contributed by atoms with Crippen LogP contribution in [-0.4, -0.2) is 42.0 Å². The number of carbonyl (C=O) groups is 2. The van der Waals surface area contributed by atoms with Crippen molar-refractivity contribution in [1.82, 2.24) is 5.32 Å². The van der Waals surface area contributed by atoms with E-state index in [4.69, 9.17) is 14.2 Å². The molecule has 3 rings (SSSR count). The third-order valence-corrected chi connectivity index (χ3v) is 6.04. The number of aromatic hydroxyl groups is 2. The lowest BCUT2D eigenvalue weighted by atomic mass is 9.98. The van der Waals surface area contributed by atoms with Crippen molar-refractivity contribution in [2.75, 3.05) is 13.7 Å². The number of phenols is 2. The van der Waals surface area contributed by atoms with Gasteiger partial charge in [0, 0.05) is 18.4 Å². The molecule has 194 valence electrons. The molecule has 3 aromatic carbocycles. The minimum Gasteiger partial charge on any atom is -0.508 e. The fourth-order valence-corrected chi connectivity index (χ4v) is 4.15. The highest BCUT2D eigenvalue weighted by atomic mass is 79.9. The molecule has 0 radical (unpaired) electrons. The molecule has 3 N–H and O–H groups in total. The molecule has 0 saturated heterocycles. The van der Waals surface area contributed by atoms with E-state index in [1.165, 1.54) is 13.2 Å². The van der Waals surface area contributed by atoms with E-state index < -0.39 is 18.1 Å². The van der Waals surface area contributed by atoms with Gasteiger partial charge in [-0.15, -0.1) is 0 Å².